The van der Waals surface area contributed by atoms with Gasteiger partial charge in [-0.15, -0.1) is 0 Å². The number of halogens is 1. The Balaban J connectivity index is 1.79. The zero-order valence-corrected chi connectivity index (χ0v) is 12.0. The van der Waals surface area contributed by atoms with Gasteiger partial charge in [0.05, 0.1) is 12.4 Å². The van der Waals surface area contributed by atoms with E-state index in [1.54, 1.807) is 12.5 Å². The number of hydrogen-bond donors (Lipinski definition) is 2. The molecule has 0 fully saturated rings. The molecular weight excluding hydrogens is 322 g/mol. The van der Waals surface area contributed by atoms with Gasteiger partial charge in [0.2, 0.25) is 11.7 Å². The van der Waals surface area contributed by atoms with Crippen LogP contribution < -0.4 is 5.73 Å². The molecule has 0 radical (unpaired) electrons. The van der Waals surface area contributed by atoms with Crippen molar-refractivity contribution in [3.63, 3.8) is 0 Å². The first-order valence-electron chi connectivity index (χ1n) is 6.05. The highest BCUT2D eigenvalue weighted by Gasteiger charge is 2.16. The Morgan fingerprint density at radius 2 is 2.30 bits per heavy atom. The lowest BCUT2D eigenvalue weighted by molar-refractivity contribution is 0.354. The fourth-order valence-electron chi connectivity index (χ4n) is 1.85. The molecule has 0 unspecified atom stereocenters. The van der Waals surface area contributed by atoms with Gasteiger partial charge in [-0.1, -0.05) is 33.2 Å². The van der Waals surface area contributed by atoms with Crippen LogP contribution in [0.2, 0.25) is 0 Å². The third kappa shape index (κ3) is 2.78. The van der Waals surface area contributed by atoms with E-state index in [-0.39, 0.29) is 6.04 Å². The summed E-state index contributed by atoms with van der Waals surface area (Å²) in [6.07, 6.45) is 3.91. The van der Waals surface area contributed by atoms with Crippen LogP contribution in [0.1, 0.15) is 17.6 Å². The van der Waals surface area contributed by atoms with Gasteiger partial charge in [0.15, 0.2) is 0 Å². The Labute approximate surface area is 123 Å². The number of benzene rings is 1. The van der Waals surface area contributed by atoms with Crippen LogP contribution in [-0.4, -0.2) is 20.1 Å². The summed E-state index contributed by atoms with van der Waals surface area (Å²) in [5.41, 5.74) is 7.86. The van der Waals surface area contributed by atoms with Crippen molar-refractivity contribution in [3.8, 4) is 11.4 Å². The first-order valence-corrected chi connectivity index (χ1v) is 6.84. The number of rotatable bonds is 4. The third-order valence-electron chi connectivity index (χ3n) is 2.84. The van der Waals surface area contributed by atoms with Crippen LogP contribution in [0.4, 0.5) is 0 Å². The molecule has 1 aromatic carbocycles. The fraction of sp³-hybridized carbons (Fsp3) is 0.154. The maximum absolute atomic E-state index is 6.05. The van der Waals surface area contributed by atoms with Crippen LogP contribution in [0.5, 0.6) is 0 Å². The average molecular weight is 334 g/mol. The molecule has 20 heavy (non-hydrogen) atoms. The summed E-state index contributed by atoms with van der Waals surface area (Å²) in [6, 6.07) is 7.34. The van der Waals surface area contributed by atoms with Crippen LogP contribution in [0.25, 0.3) is 11.4 Å². The summed E-state index contributed by atoms with van der Waals surface area (Å²) >= 11 is 3.41. The molecule has 0 amide bonds. The number of aromatic nitrogens is 4. The molecule has 2 heterocycles. The molecule has 6 nitrogen and oxygen atoms in total. The predicted molar refractivity (Wildman–Crippen MR) is 76.7 cm³/mol. The van der Waals surface area contributed by atoms with Gasteiger partial charge in [0.1, 0.15) is 0 Å². The number of imidazole rings is 1. The smallest absolute Gasteiger partial charge is 0.244 e. The molecule has 2 aromatic heterocycles. The molecule has 0 spiro atoms. The van der Waals surface area contributed by atoms with E-state index in [1.807, 2.05) is 24.3 Å². The molecule has 0 aliphatic rings. The summed E-state index contributed by atoms with van der Waals surface area (Å²) in [4.78, 5) is 11.3. The molecule has 3 aromatic rings. The minimum atomic E-state index is -0.358. The lowest BCUT2D eigenvalue weighted by atomic mass is 10.2. The minimum absolute atomic E-state index is 0.358. The average Bonchev–Trinajstić information content (AvgIpc) is 3.09. The third-order valence-corrected chi connectivity index (χ3v) is 3.33. The zero-order valence-electron chi connectivity index (χ0n) is 10.5. The summed E-state index contributed by atoms with van der Waals surface area (Å²) in [5.74, 6) is 0.941. The zero-order chi connectivity index (χ0) is 13.9. The van der Waals surface area contributed by atoms with Crippen molar-refractivity contribution in [2.24, 2.45) is 5.73 Å². The molecule has 102 valence electrons. The molecular formula is C13H12BrN5O. The van der Waals surface area contributed by atoms with Crippen molar-refractivity contribution >= 4 is 15.9 Å². The maximum atomic E-state index is 6.05. The highest BCUT2D eigenvalue weighted by Crippen LogP contribution is 2.22. The van der Waals surface area contributed by atoms with E-state index in [0.717, 1.165) is 15.7 Å². The van der Waals surface area contributed by atoms with E-state index in [1.165, 1.54) is 0 Å². The number of aromatic amines is 1. The van der Waals surface area contributed by atoms with Gasteiger partial charge in [-0.05, 0) is 12.1 Å². The second-order valence-electron chi connectivity index (χ2n) is 4.35. The normalized spacial score (nSPS) is 12.5. The Morgan fingerprint density at radius 1 is 1.40 bits per heavy atom. The van der Waals surface area contributed by atoms with E-state index >= 15 is 0 Å². The lowest BCUT2D eigenvalue weighted by Crippen LogP contribution is -2.13. The maximum Gasteiger partial charge on any atom is 0.244 e. The quantitative estimate of drug-likeness (QED) is 0.764. The topological polar surface area (TPSA) is 93.6 Å². The van der Waals surface area contributed by atoms with Crippen molar-refractivity contribution in [2.75, 3.05) is 0 Å². The standard InChI is InChI=1S/C13H12BrN5O/c14-9-3-1-2-8(4-9)12-18-13(20-19-12)11(15)5-10-6-16-7-17-10/h1-4,6-7,11H,5,15H2,(H,16,17)/t11-/m1/s1. The minimum Gasteiger partial charge on any atom is -0.348 e. The second kappa shape index (κ2) is 5.56. The number of nitrogens with two attached hydrogens (primary N) is 1. The highest BCUT2D eigenvalue weighted by atomic mass is 79.9. The Kier molecular flexibility index (Phi) is 3.62. The van der Waals surface area contributed by atoms with Gasteiger partial charge in [0.25, 0.3) is 0 Å². The van der Waals surface area contributed by atoms with E-state index < -0.39 is 0 Å². The van der Waals surface area contributed by atoms with Crippen LogP contribution >= 0.6 is 15.9 Å². The molecule has 0 saturated carbocycles. The predicted octanol–water partition coefficient (Wildman–Crippen LogP) is 2.46. The van der Waals surface area contributed by atoms with Crippen LogP contribution in [0.15, 0.2) is 45.8 Å². The van der Waals surface area contributed by atoms with Gasteiger partial charge in [0, 0.05) is 28.3 Å². The fourth-order valence-corrected chi connectivity index (χ4v) is 2.25. The van der Waals surface area contributed by atoms with E-state index in [4.69, 9.17) is 10.3 Å². The molecule has 3 rings (SSSR count). The molecule has 3 N–H and O–H groups in total. The molecule has 0 bridgehead atoms. The van der Waals surface area contributed by atoms with Gasteiger partial charge in [-0.3, -0.25) is 0 Å². The monoisotopic (exact) mass is 333 g/mol. The van der Waals surface area contributed by atoms with Gasteiger partial charge >= 0.3 is 0 Å². The van der Waals surface area contributed by atoms with Crippen molar-refractivity contribution < 1.29 is 4.52 Å². The van der Waals surface area contributed by atoms with Crippen LogP contribution in [0.3, 0.4) is 0 Å². The van der Waals surface area contributed by atoms with Gasteiger partial charge < -0.3 is 15.2 Å². The molecule has 0 saturated heterocycles. The SMILES string of the molecule is N[C@H](Cc1cnc[nH]1)c1nc(-c2cccc(Br)c2)no1. The van der Waals surface area contributed by atoms with Gasteiger partial charge in [-0.25, -0.2) is 4.98 Å². The first kappa shape index (κ1) is 13.0. The summed E-state index contributed by atoms with van der Waals surface area (Å²) < 4.78 is 6.19. The Bertz CT molecular complexity index is 694. The largest absolute Gasteiger partial charge is 0.348 e. The number of nitrogens with one attached hydrogen (secondary N) is 1. The van der Waals surface area contributed by atoms with Crippen molar-refractivity contribution in [1.82, 2.24) is 20.1 Å². The van der Waals surface area contributed by atoms with E-state index in [0.29, 0.717) is 18.1 Å². The summed E-state index contributed by atoms with van der Waals surface area (Å²) in [6.45, 7) is 0. The van der Waals surface area contributed by atoms with E-state index in [2.05, 4.69) is 36.0 Å². The van der Waals surface area contributed by atoms with Crippen molar-refractivity contribution in [3.05, 3.63) is 52.8 Å². The number of H-pyrrole nitrogens is 1. The number of hydrogen-bond acceptors (Lipinski definition) is 5. The lowest BCUT2D eigenvalue weighted by Gasteiger charge is -2.03. The van der Waals surface area contributed by atoms with Crippen molar-refractivity contribution in [2.45, 2.75) is 12.5 Å². The molecule has 1 atom stereocenters. The Morgan fingerprint density at radius 3 is 3.05 bits per heavy atom. The van der Waals surface area contributed by atoms with Crippen LogP contribution in [-0.2, 0) is 6.42 Å². The molecule has 0 aliphatic carbocycles. The number of nitrogens with zero attached hydrogens (tertiary/aromatic N) is 3. The molecule has 0 aliphatic heterocycles. The summed E-state index contributed by atoms with van der Waals surface area (Å²) in [5, 5.41) is 3.97. The van der Waals surface area contributed by atoms with Crippen LogP contribution in [0, 0.1) is 0 Å². The van der Waals surface area contributed by atoms with Gasteiger partial charge in [-0.2, -0.15) is 4.98 Å². The highest BCUT2D eigenvalue weighted by molar-refractivity contribution is 9.10. The first-order chi connectivity index (χ1) is 9.72. The Hall–Kier alpha value is -1.99. The summed E-state index contributed by atoms with van der Waals surface area (Å²) in [7, 11) is 0. The second-order valence-corrected chi connectivity index (χ2v) is 5.27. The van der Waals surface area contributed by atoms with E-state index in [9.17, 15) is 0 Å². The van der Waals surface area contributed by atoms with Crippen molar-refractivity contribution in [1.29, 1.82) is 0 Å². The molecule has 7 heteroatoms.